The highest BCUT2D eigenvalue weighted by atomic mass is 35.5. The quantitative estimate of drug-likeness (QED) is 0.374. The molecule has 0 aliphatic carbocycles. The Balaban J connectivity index is 1.39. The van der Waals surface area contributed by atoms with Crippen molar-refractivity contribution in [3.05, 3.63) is 77.3 Å². The van der Waals surface area contributed by atoms with E-state index in [1.807, 2.05) is 23.7 Å². The summed E-state index contributed by atoms with van der Waals surface area (Å²) in [5, 5.41) is 5.95. The molecule has 0 spiro atoms. The predicted octanol–water partition coefficient (Wildman–Crippen LogP) is 3.58. The Morgan fingerprint density at radius 1 is 1.09 bits per heavy atom. The molecule has 34 heavy (non-hydrogen) atoms. The molecule has 0 radical (unpaired) electrons. The van der Waals surface area contributed by atoms with E-state index >= 15 is 0 Å². The van der Waals surface area contributed by atoms with Crippen LogP contribution in [0.3, 0.4) is 0 Å². The third kappa shape index (κ3) is 5.26. The van der Waals surface area contributed by atoms with Crippen LogP contribution in [0.2, 0.25) is 5.15 Å². The number of aryl methyl sites for hydroxylation is 1. The van der Waals surface area contributed by atoms with E-state index in [9.17, 15) is 9.59 Å². The van der Waals surface area contributed by atoms with Crippen LogP contribution in [0.5, 0.6) is 11.5 Å². The van der Waals surface area contributed by atoms with Gasteiger partial charge in [0, 0.05) is 18.9 Å². The summed E-state index contributed by atoms with van der Waals surface area (Å²) in [6.45, 7) is 0.0541. The van der Waals surface area contributed by atoms with Gasteiger partial charge in [-0.15, -0.1) is 0 Å². The SMILES string of the molecule is COc1ccccc1OCC(=O)Nc1ccc2c(c1)nc(CNC(=O)c1ccc(Cl)nc1)n2C. The normalized spacial score (nSPS) is 10.7. The third-order valence-corrected chi connectivity index (χ3v) is 5.31. The lowest BCUT2D eigenvalue weighted by Gasteiger charge is -2.10. The van der Waals surface area contributed by atoms with Crippen molar-refractivity contribution in [1.82, 2.24) is 19.9 Å². The number of para-hydroxylation sites is 2. The number of pyridine rings is 1. The monoisotopic (exact) mass is 479 g/mol. The molecular weight excluding hydrogens is 458 g/mol. The lowest BCUT2D eigenvalue weighted by atomic mass is 10.2. The number of halogens is 1. The molecule has 10 heteroatoms. The number of anilines is 1. The van der Waals surface area contributed by atoms with Gasteiger partial charge in [0.1, 0.15) is 11.0 Å². The summed E-state index contributed by atoms with van der Waals surface area (Å²) in [6.07, 6.45) is 1.42. The first-order valence-corrected chi connectivity index (χ1v) is 10.7. The molecule has 2 aromatic heterocycles. The zero-order chi connectivity index (χ0) is 24.1. The van der Waals surface area contributed by atoms with Gasteiger partial charge in [-0.3, -0.25) is 9.59 Å². The molecule has 9 nitrogen and oxygen atoms in total. The average Bonchev–Trinajstić information content (AvgIpc) is 3.16. The van der Waals surface area contributed by atoms with Crippen LogP contribution in [0.1, 0.15) is 16.2 Å². The average molecular weight is 480 g/mol. The van der Waals surface area contributed by atoms with Crippen molar-refractivity contribution in [3.63, 3.8) is 0 Å². The number of amides is 2. The topological polar surface area (TPSA) is 107 Å². The molecule has 174 valence electrons. The van der Waals surface area contributed by atoms with Gasteiger partial charge in [0.2, 0.25) is 0 Å². The van der Waals surface area contributed by atoms with Crippen LogP contribution in [0.15, 0.2) is 60.8 Å². The fourth-order valence-corrected chi connectivity index (χ4v) is 3.45. The first kappa shape index (κ1) is 23.1. The number of rotatable bonds is 8. The smallest absolute Gasteiger partial charge is 0.262 e. The number of imidazole rings is 1. The number of carbonyl (C=O) groups is 2. The molecular formula is C24H22ClN5O4. The van der Waals surface area contributed by atoms with Gasteiger partial charge in [-0.05, 0) is 42.5 Å². The molecule has 0 bridgehead atoms. The number of benzene rings is 2. The van der Waals surface area contributed by atoms with Gasteiger partial charge in [-0.1, -0.05) is 23.7 Å². The summed E-state index contributed by atoms with van der Waals surface area (Å²) in [7, 11) is 3.40. The van der Waals surface area contributed by atoms with Crippen LogP contribution in [0.4, 0.5) is 5.69 Å². The van der Waals surface area contributed by atoms with E-state index in [2.05, 4.69) is 20.6 Å². The zero-order valence-corrected chi connectivity index (χ0v) is 19.3. The summed E-state index contributed by atoms with van der Waals surface area (Å²) in [5.74, 6) is 1.11. The number of fused-ring (bicyclic) bond motifs is 1. The zero-order valence-electron chi connectivity index (χ0n) is 18.5. The van der Waals surface area contributed by atoms with Crippen LogP contribution in [-0.2, 0) is 18.4 Å². The molecule has 2 aromatic carbocycles. The predicted molar refractivity (Wildman–Crippen MR) is 128 cm³/mol. The minimum absolute atomic E-state index is 0.169. The number of hydrogen-bond donors (Lipinski definition) is 2. The fraction of sp³-hybridized carbons (Fsp3) is 0.167. The maximum atomic E-state index is 12.4. The first-order chi connectivity index (χ1) is 16.4. The molecule has 2 N–H and O–H groups in total. The number of carbonyl (C=O) groups excluding carboxylic acids is 2. The van der Waals surface area contributed by atoms with Crippen molar-refractivity contribution in [2.45, 2.75) is 6.54 Å². The van der Waals surface area contributed by atoms with Gasteiger partial charge >= 0.3 is 0 Å². The molecule has 2 heterocycles. The van der Waals surface area contributed by atoms with Crippen LogP contribution in [0.25, 0.3) is 11.0 Å². The third-order valence-electron chi connectivity index (χ3n) is 5.08. The Bertz CT molecular complexity index is 1340. The summed E-state index contributed by atoms with van der Waals surface area (Å²) in [6, 6.07) is 15.7. The van der Waals surface area contributed by atoms with Gasteiger partial charge in [-0.2, -0.15) is 0 Å². The van der Waals surface area contributed by atoms with E-state index in [0.29, 0.717) is 39.2 Å². The number of methoxy groups -OCH3 is 1. The summed E-state index contributed by atoms with van der Waals surface area (Å²) >= 11 is 5.76. The van der Waals surface area contributed by atoms with Crippen molar-refractivity contribution in [2.75, 3.05) is 19.0 Å². The second kappa shape index (κ2) is 10.2. The Morgan fingerprint density at radius 2 is 1.88 bits per heavy atom. The summed E-state index contributed by atoms with van der Waals surface area (Å²) < 4.78 is 12.7. The number of nitrogens with one attached hydrogen (secondary N) is 2. The van der Waals surface area contributed by atoms with Crippen molar-refractivity contribution < 1.29 is 19.1 Å². The van der Waals surface area contributed by atoms with Crippen molar-refractivity contribution in [1.29, 1.82) is 0 Å². The molecule has 0 unspecified atom stereocenters. The molecule has 4 rings (SSSR count). The van der Waals surface area contributed by atoms with E-state index in [1.54, 1.807) is 49.6 Å². The van der Waals surface area contributed by atoms with Crippen LogP contribution in [0, 0.1) is 0 Å². The van der Waals surface area contributed by atoms with Gasteiger partial charge in [0.05, 0.1) is 30.3 Å². The number of nitrogens with zero attached hydrogens (tertiary/aromatic N) is 3. The highest BCUT2D eigenvalue weighted by molar-refractivity contribution is 6.29. The minimum atomic E-state index is -0.315. The lowest BCUT2D eigenvalue weighted by Crippen LogP contribution is -2.24. The molecule has 0 aliphatic rings. The Hall–Kier alpha value is -4.11. The first-order valence-electron chi connectivity index (χ1n) is 10.4. The van der Waals surface area contributed by atoms with Gasteiger partial charge < -0.3 is 24.7 Å². The maximum absolute atomic E-state index is 12.4. The van der Waals surface area contributed by atoms with Gasteiger partial charge in [0.25, 0.3) is 11.8 Å². The van der Waals surface area contributed by atoms with Gasteiger partial charge in [0.15, 0.2) is 18.1 Å². The van der Waals surface area contributed by atoms with E-state index < -0.39 is 0 Å². The molecule has 0 saturated heterocycles. The Morgan fingerprint density at radius 3 is 2.62 bits per heavy atom. The van der Waals surface area contributed by atoms with Crippen molar-refractivity contribution in [3.8, 4) is 11.5 Å². The maximum Gasteiger partial charge on any atom is 0.262 e. The molecule has 0 aliphatic heterocycles. The largest absolute Gasteiger partial charge is 0.493 e. The number of ether oxygens (including phenoxy) is 2. The van der Waals surface area contributed by atoms with E-state index in [4.69, 9.17) is 21.1 Å². The van der Waals surface area contributed by atoms with Crippen LogP contribution < -0.4 is 20.1 Å². The lowest BCUT2D eigenvalue weighted by molar-refractivity contribution is -0.118. The highest BCUT2D eigenvalue weighted by Gasteiger charge is 2.13. The summed E-state index contributed by atoms with van der Waals surface area (Å²) in [4.78, 5) is 33.2. The summed E-state index contributed by atoms with van der Waals surface area (Å²) in [5.41, 5.74) is 2.54. The van der Waals surface area contributed by atoms with E-state index in [-0.39, 0.29) is 25.0 Å². The molecule has 0 atom stereocenters. The second-order valence-corrected chi connectivity index (χ2v) is 7.72. The van der Waals surface area contributed by atoms with Crippen LogP contribution >= 0.6 is 11.6 Å². The van der Waals surface area contributed by atoms with Crippen LogP contribution in [-0.4, -0.2) is 40.1 Å². The standard InChI is InChI=1S/C24H22ClN5O4/c1-30-18-9-8-16(28-23(31)14-34-20-6-4-3-5-19(20)33-2)11-17(18)29-22(30)13-27-24(32)15-7-10-21(25)26-12-15/h3-12H,13-14H2,1-2H3,(H,27,32)(H,28,31). The highest BCUT2D eigenvalue weighted by Crippen LogP contribution is 2.26. The van der Waals surface area contributed by atoms with Crippen molar-refractivity contribution in [2.24, 2.45) is 7.05 Å². The van der Waals surface area contributed by atoms with E-state index in [0.717, 1.165) is 5.52 Å². The fourth-order valence-electron chi connectivity index (χ4n) is 3.34. The molecule has 4 aromatic rings. The Labute approximate surface area is 200 Å². The van der Waals surface area contributed by atoms with Gasteiger partial charge in [-0.25, -0.2) is 9.97 Å². The molecule has 2 amide bonds. The van der Waals surface area contributed by atoms with E-state index in [1.165, 1.54) is 6.20 Å². The second-order valence-electron chi connectivity index (χ2n) is 7.33. The molecule has 0 saturated carbocycles. The number of aromatic nitrogens is 3. The number of hydrogen-bond acceptors (Lipinski definition) is 6. The Kier molecular flexibility index (Phi) is 6.93. The molecule has 0 fully saturated rings. The van der Waals surface area contributed by atoms with Crippen molar-refractivity contribution >= 4 is 40.1 Å². The minimum Gasteiger partial charge on any atom is -0.493 e.